The lowest BCUT2D eigenvalue weighted by molar-refractivity contribution is -0.155. The zero-order valence-corrected chi connectivity index (χ0v) is 19.4. The molecule has 0 aromatic heterocycles. The molecule has 1 aliphatic heterocycles. The molecule has 0 radical (unpaired) electrons. The Morgan fingerprint density at radius 1 is 1.00 bits per heavy atom. The summed E-state index contributed by atoms with van der Waals surface area (Å²) in [6.07, 6.45) is 15.1. The summed E-state index contributed by atoms with van der Waals surface area (Å²) in [5, 5.41) is 19.7. The van der Waals surface area contributed by atoms with E-state index < -0.39 is 11.7 Å². The van der Waals surface area contributed by atoms with Crippen molar-refractivity contribution in [3.63, 3.8) is 0 Å². The molecule has 1 rings (SSSR count). The van der Waals surface area contributed by atoms with Gasteiger partial charge in [-0.1, -0.05) is 34.9 Å². The Morgan fingerprint density at radius 2 is 1.59 bits per heavy atom. The van der Waals surface area contributed by atoms with Crippen LogP contribution in [-0.2, 0) is 9.47 Å². The maximum atomic E-state index is 9.91. The zero-order valence-electron chi connectivity index (χ0n) is 19.4. The SMILES string of the molecule is C/C(=C\CC/C(C)=C/COC1CCCCO1)CC/C=C(\C)CCC(O)C(C)(C)O. The summed E-state index contributed by atoms with van der Waals surface area (Å²) in [5.41, 5.74) is 3.04. The first-order chi connectivity index (χ1) is 13.7. The Bertz CT molecular complexity index is 534. The summed E-state index contributed by atoms with van der Waals surface area (Å²) in [6.45, 7) is 11.2. The Morgan fingerprint density at radius 3 is 2.14 bits per heavy atom. The quantitative estimate of drug-likeness (QED) is 0.376. The maximum absolute atomic E-state index is 9.91. The largest absolute Gasteiger partial charge is 0.390 e. The maximum Gasteiger partial charge on any atom is 0.157 e. The first kappa shape index (κ1) is 26.1. The Hall–Kier alpha value is -0.940. The van der Waals surface area contributed by atoms with Crippen molar-refractivity contribution in [2.75, 3.05) is 13.2 Å². The van der Waals surface area contributed by atoms with Gasteiger partial charge in [-0.2, -0.15) is 0 Å². The molecule has 4 heteroatoms. The van der Waals surface area contributed by atoms with Crippen molar-refractivity contribution in [1.82, 2.24) is 0 Å². The summed E-state index contributed by atoms with van der Waals surface area (Å²) in [7, 11) is 0. The van der Waals surface area contributed by atoms with Crippen LogP contribution in [-0.4, -0.2) is 41.4 Å². The highest BCUT2D eigenvalue weighted by Gasteiger charge is 2.23. The van der Waals surface area contributed by atoms with Crippen molar-refractivity contribution in [2.45, 2.75) is 110 Å². The van der Waals surface area contributed by atoms with Crippen molar-refractivity contribution >= 4 is 0 Å². The van der Waals surface area contributed by atoms with Crippen LogP contribution in [0.4, 0.5) is 0 Å². The predicted octanol–water partition coefficient (Wildman–Crippen LogP) is 5.84. The molecule has 0 amide bonds. The minimum atomic E-state index is -1.03. The highest BCUT2D eigenvalue weighted by molar-refractivity contribution is 5.06. The number of aliphatic hydroxyl groups is 2. The van der Waals surface area contributed by atoms with E-state index in [1.807, 2.05) is 0 Å². The predicted molar refractivity (Wildman–Crippen MR) is 121 cm³/mol. The molecule has 1 saturated heterocycles. The van der Waals surface area contributed by atoms with Crippen molar-refractivity contribution in [3.8, 4) is 0 Å². The van der Waals surface area contributed by atoms with Gasteiger partial charge in [0.2, 0.25) is 0 Å². The van der Waals surface area contributed by atoms with Crippen LogP contribution in [0.15, 0.2) is 34.9 Å². The molecular formula is C25H44O4. The van der Waals surface area contributed by atoms with Gasteiger partial charge in [-0.3, -0.25) is 0 Å². The molecule has 0 aliphatic carbocycles. The van der Waals surface area contributed by atoms with E-state index >= 15 is 0 Å². The fourth-order valence-electron chi connectivity index (χ4n) is 3.26. The standard InChI is InChI=1S/C25H44O4/c1-20(10-8-12-21(2)15-16-23(26)25(4,5)27)11-9-13-22(3)17-19-29-24-14-6-7-18-28-24/h11-12,17,23-24,26-27H,6-10,13-16,18-19H2,1-5H3/b20-11+,21-12+,22-17+. The fourth-order valence-corrected chi connectivity index (χ4v) is 3.26. The lowest BCUT2D eigenvalue weighted by atomic mass is 9.95. The summed E-state index contributed by atoms with van der Waals surface area (Å²) >= 11 is 0. The normalized spacial score (nSPS) is 20.8. The van der Waals surface area contributed by atoms with Gasteiger partial charge in [0.05, 0.1) is 18.3 Å². The van der Waals surface area contributed by atoms with Gasteiger partial charge in [-0.05, 0) is 92.4 Å². The van der Waals surface area contributed by atoms with E-state index in [1.165, 1.54) is 23.1 Å². The van der Waals surface area contributed by atoms with Crippen molar-refractivity contribution < 1.29 is 19.7 Å². The first-order valence-corrected chi connectivity index (χ1v) is 11.3. The number of hydrogen-bond acceptors (Lipinski definition) is 4. The number of hydrogen-bond donors (Lipinski definition) is 2. The number of aliphatic hydroxyl groups excluding tert-OH is 1. The van der Waals surface area contributed by atoms with Gasteiger partial charge >= 0.3 is 0 Å². The summed E-state index contributed by atoms with van der Waals surface area (Å²) in [5.74, 6) is 0. The zero-order chi connectivity index (χ0) is 21.7. The molecule has 1 heterocycles. The Balaban J connectivity index is 2.18. The molecule has 0 bridgehead atoms. The van der Waals surface area contributed by atoms with Crippen molar-refractivity contribution in [3.05, 3.63) is 34.9 Å². The molecule has 4 nitrogen and oxygen atoms in total. The molecule has 2 atom stereocenters. The van der Waals surface area contributed by atoms with Crippen molar-refractivity contribution in [2.24, 2.45) is 0 Å². The molecule has 1 fully saturated rings. The highest BCUT2D eigenvalue weighted by atomic mass is 16.7. The van der Waals surface area contributed by atoms with Crippen LogP contribution in [0.5, 0.6) is 0 Å². The lowest BCUT2D eigenvalue weighted by Crippen LogP contribution is -2.35. The summed E-state index contributed by atoms with van der Waals surface area (Å²) in [6, 6.07) is 0. The molecule has 1 aliphatic rings. The third-order valence-corrected chi connectivity index (χ3v) is 5.54. The van der Waals surface area contributed by atoms with Gasteiger partial charge in [-0.15, -0.1) is 0 Å². The fraction of sp³-hybridized carbons (Fsp3) is 0.760. The Kier molecular flexibility index (Phi) is 12.7. The van der Waals surface area contributed by atoms with E-state index in [0.29, 0.717) is 13.0 Å². The van der Waals surface area contributed by atoms with Crippen LogP contribution in [0.25, 0.3) is 0 Å². The van der Waals surface area contributed by atoms with Gasteiger partial charge in [0.25, 0.3) is 0 Å². The van der Waals surface area contributed by atoms with Gasteiger partial charge in [0, 0.05) is 6.61 Å². The summed E-state index contributed by atoms with van der Waals surface area (Å²) < 4.78 is 11.3. The monoisotopic (exact) mass is 408 g/mol. The average Bonchev–Trinajstić information content (AvgIpc) is 2.66. The minimum absolute atomic E-state index is 0.00940. The molecule has 2 N–H and O–H groups in total. The van der Waals surface area contributed by atoms with E-state index in [4.69, 9.17) is 9.47 Å². The topological polar surface area (TPSA) is 58.9 Å². The molecule has 0 saturated carbocycles. The molecule has 29 heavy (non-hydrogen) atoms. The second-order valence-electron chi connectivity index (χ2n) is 9.07. The third kappa shape index (κ3) is 13.1. The number of ether oxygens (including phenoxy) is 2. The van der Waals surface area contributed by atoms with E-state index in [-0.39, 0.29) is 6.29 Å². The lowest BCUT2D eigenvalue weighted by Gasteiger charge is -2.24. The van der Waals surface area contributed by atoms with Crippen LogP contribution in [0.3, 0.4) is 0 Å². The minimum Gasteiger partial charge on any atom is -0.390 e. The third-order valence-electron chi connectivity index (χ3n) is 5.54. The van der Waals surface area contributed by atoms with Crippen LogP contribution < -0.4 is 0 Å². The smallest absolute Gasteiger partial charge is 0.157 e. The molecule has 0 spiro atoms. The second kappa shape index (κ2) is 14.1. The Labute approximate surface area is 178 Å². The van der Waals surface area contributed by atoms with Crippen LogP contribution in [0, 0.1) is 0 Å². The van der Waals surface area contributed by atoms with Crippen LogP contribution >= 0.6 is 0 Å². The number of allylic oxidation sites excluding steroid dienone is 5. The average molecular weight is 409 g/mol. The summed E-state index contributed by atoms with van der Waals surface area (Å²) in [4.78, 5) is 0. The van der Waals surface area contributed by atoms with E-state index in [9.17, 15) is 10.2 Å². The molecule has 168 valence electrons. The highest BCUT2D eigenvalue weighted by Crippen LogP contribution is 2.18. The molecule has 0 aromatic carbocycles. The van der Waals surface area contributed by atoms with Gasteiger partial charge in [0.1, 0.15) is 0 Å². The molecule has 0 aromatic rings. The van der Waals surface area contributed by atoms with Crippen LogP contribution in [0.2, 0.25) is 0 Å². The van der Waals surface area contributed by atoms with Gasteiger partial charge in [-0.25, -0.2) is 0 Å². The van der Waals surface area contributed by atoms with Gasteiger partial charge < -0.3 is 19.7 Å². The molecule has 2 unspecified atom stereocenters. The van der Waals surface area contributed by atoms with Crippen LogP contribution in [0.1, 0.15) is 92.4 Å². The number of rotatable bonds is 13. The van der Waals surface area contributed by atoms with E-state index in [2.05, 4.69) is 39.0 Å². The van der Waals surface area contributed by atoms with E-state index in [0.717, 1.165) is 51.6 Å². The second-order valence-corrected chi connectivity index (χ2v) is 9.07. The van der Waals surface area contributed by atoms with Crippen molar-refractivity contribution in [1.29, 1.82) is 0 Å². The van der Waals surface area contributed by atoms with E-state index in [1.54, 1.807) is 13.8 Å². The molecular weight excluding hydrogens is 364 g/mol. The van der Waals surface area contributed by atoms with Gasteiger partial charge in [0.15, 0.2) is 6.29 Å². The first-order valence-electron chi connectivity index (χ1n) is 11.3.